The van der Waals surface area contributed by atoms with Crippen LogP contribution in [-0.2, 0) is 16.4 Å². The van der Waals surface area contributed by atoms with Crippen LogP contribution < -0.4 is 5.32 Å². The third-order valence-electron chi connectivity index (χ3n) is 2.45. The molecule has 3 nitrogen and oxygen atoms in total. The molecule has 0 radical (unpaired) electrons. The smallest absolute Gasteiger partial charge is 0.151 e. The Hall–Kier alpha value is 0.0900. The molecular formula is C9H12BrNO2S2. The molecule has 84 valence electrons. The fourth-order valence-electron chi connectivity index (χ4n) is 1.66. The number of sulfone groups is 1. The van der Waals surface area contributed by atoms with Crippen LogP contribution in [-0.4, -0.2) is 26.0 Å². The molecule has 1 aliphatic heterocycles. The van der Waals surface area contributed by atoms with Gasteiger partial charge in [-0.15, -0.1) is 11.3 Å². The molecule has 1 aromatic rings. The van der Waals surface area contributed by atoms with Crippen molar-refractivity contribution in [2.45, 2.75) is 19.0 Å². The molecule has 1 saturated heterocycles. The summed E-state index contributed by atoms with van der Waals surface area (Å²) < 4.78 is 23.5. The highest BCUT2D eigenvalue weighted by atomic mass is 79.9. The summed E-state index contributed by atoms with van der Waals surface area (Å²) in [6, 6.07) is 2.19. The van der Waals surface area contributed by atoms with Gasteiger partial charge in [-0.1, -0.05) is 0 Å². The van der Waals surface area contributed by atoms with Crippen molar-refractivity contribution in [3.05, 3.63) is 20.8 Å². The van der Waals surface area contributed by atoms with Crippen LogP contribution in [0.25, 0.3) is 0 Å². The van der Waals surface area contributed by atoms with Gasteiger partial charge in [0.05, 0.1) is 15.3 Å². The van der Waals surface area contributed by atoms with Crippen molar-refractivity contribution in [1.82, 2.24) is 5.32 Å². The van der Waals surface area contributed by atoms with Gasteiger partial charge in [-0.05, 0) is 39.4 Å². The number of thiophene rings is 1. The second-order valence-electron chi connectivity index (χ2n) is 3.74. The number of hydrogen-bond donors (Lipinski definition) is 1. The first-order valence-corrected chi connectivity index (χ1v) is 8.21. The summed E-state index contributed by atoms with van der Waals surface area (Å²) in [6.45, 7) is 0.752. The van der Waals surface area contributed by atoms with Gasteiger partial charge in [0.2, 0.25) is 0 Å². The highest BCUT2D eigenvalue weighted by Crippen LogP contribution is 2.21. The summed E-state index contributed by atoms with van der Waals surface area (Å²) >= 11 is 5.04. The van der Waals surface area contributed by atoms with E-state index in [-0.39, 0.29) is 11.8 Å². The van der Waals surface area contributed by atoms with Crippen LogP contribution in [0.1, 0.15) is 12.0 Å². The lowest BCUT2D eigenvalue weighted by Crippen LogP contribution is -2.29. The van der Waals surface area contributed by atoms with Crippen LogP contribution >= 0.6 is 27.3 Å². The van der Waals surface area contributed by atoms with Gasteiger partial charge in [-0.3, -0.25) is 0 Å². The van der Waals surface area contributed by atoms with Gasteiger partial charge in [0.25, 0.3) is 0 Å². The normalized spacial score (nSPS) is 24.5. The summed E-state index contributed by atoms with van der Waals surface area (Å²) in [5.41, 5.74) is 1.20. The third-order valence-corrected chi connectivity index (χ3v) is 5.77. The summed E-state index contributed by atoms with van der Waals surface area (Å²) in [5.74, 6) is 0.621. The molecule has 0 aliphatic carbocycles. The van der Waals surface area contributed by atoms with Crippen molar-refractivity contribution in [1.29, 1.82) is 0 Å². The minimum atomic E-state index is -2.76. The zero-order valence-corrected chi connectivity index (χ0v) is 11.3. The van der Waals surface area contributed by atoms with Gasteiger partial charge in [0.1, 0.15) is 0 Å². The van der Waals surface area contributed by atoms with Gasteiger partial charge in [0.15, 0.2) is 9.84 Å². The second kappa shape index (κ2) is 4.53. The average Bonchev–Trinajstić information content (AvgIpc) is 2.69. The molecule has 0 amide bonds. The Morgan fingerprint density at radius 3 is 2.93 bits per heavy atom. The molecule has 2 heterocycles. The van der Waals surface area contributed by atoms with Gasteiger partial charge in [0, 0.05) is 12.6 Å². The molecule has 0 unspecified atom stereocenters. The summed E-state index contributed by atoms with van der Waals surface area (Å²) in [7, 11) is -2.76. The number of halogens is 1. The van der Waals surface area contributed by atoms with Crippen molar-refractivity contribution in [3.8, 4) is 0 Å². The van der Waals surface area contributed by atoms with Gasteiger partial charge in [-0.25, -0.2) is 8.42 Å². The highest BCUT2D eigenvalue weighted by molar-refractivity contribution is 9.11. The molecule has 0 aromatic carbocycles. The van der Waals surface area contributed by atoms with Crippen LogP contribution in [0.15, 0.2) is 15.2 Å². The predicted octanol–water partition coefficient (Wildman–Crippen LogP) is 1.79. The first-order valence-electron chi connectivity index (χ1n) is 4.72. The lowest BCUT2D eigenvalue weighted by molar-refractivity contribution is 0.554. The monoisotopic (exact) mass is 309 g/mol. The standard InChI is InChI=1S/C9H12BrNO2S2/c10-9-3-7(5-14-9)4-11-8-1-2-15(12,13)6-8/h3,5,8,11H,1-2,4,6H2/t8-/m1/s1. The van der Waals surface area contributed by atoms with Crippen molar-refractivity contribution in [2.75, 3.05) is 11.5 Å². The van der Waals surface area contributed by atoms with E-state index >= 15 is 0 Å². The van der Waals surface area contributed by atoms with Crippen LogP contribution in [0.2, 0.25) is 0 Å². The van der Waals surface area contributed by atoms with Gasteiger partial charge >= 0.3 is 0 Å². The minimum absolute atomic E-state index is 0.133. The molecule has 15 heavy (non-hydrogen) atoms. The topological polar surface area (TPSA) is 46.2 Å². The molecule has 0 bridgehead atoms. The summed E-state index contributed by atoms with van der Waals surface area (Å²) in [6.07, 6.45) is 0.744. The molecule has 2 rings (SSSR count). The lowest BCUT2D eigenvalue weighted by Gasteiger charge is -2.08. The Labute approximate surface area is 102 Å². The van der Waals surface area contributed by atoms with E-state index in [2.05, 4.69) is 32.7 Å². The van der Waals surface area contributed by atoms with Crippen molar-refractivity contribution < 1.29 is 8.42 Å². The Bertz CT molecular complexity index is 441. The number of nitrogens with one attached hydrogen (secondary N) is 1. The zero-order chi connectivity index (χ0) is 10.9. The highest BCUT2D eigenvalue weighted by Gasteiger charge is 2.27. The summed E-state index contributed by atoms with van der Waals surface area (Å²) in [4.78, 5) is 0. The van der Waals surface area contributed by atoms with E-state index in [9.17, 15) is 8.42 Å². The molecule has 6 heteroatoms. The quantitative estimate of drug-likeness (QED) is 0.926. The molecular weight excluding hydrogens is 298 g/mol. The largest absolute Gasteiger partial charge is 0.309 e. The van der Waals surface area contributed by atoms with Crippen molar-refractivity contribution in [3.63, 3.8) is 0 Å². The Balaban J connectivity index is 1.85. The Morgan fingerprint density at radius 1 is 1.60 bits per heavy atom. The van der Waals surface area contributed by atoms with Gasteiger partial charge in [-0.2, -0.15) is 0 Å². The Morgan fingerprint density at radius 2 is 2.40 bits per heavy atom. The lowest BCUT2D eigenvalue weighted by atomic mass is 10.2. The van der Waals surface area contributed by atoms with Gasteiger partial charge < -0.3 is 5.32 Å². The number of hydrogen-bond acceptors (Lipinski definition) is 4. The molecule has 0 spiro atoms. The van der Waals surface area contributed by atoms with E-state index in [1.165, 1.54) is 5.56 Å². The first kappa shape index (κ1) is 11.6. The predicted molar refractivity (Wildman–Crippen MR) is 65.9 cm³/mol. The average molecular weight is 310 g/mol. The molecule has 1 aliphatic rings. The van der Waals surface area contributed by atoms with E-state index in [1.54, 1.807) is 11.3 Å². The fraction of sp³-hybridized carbons (Fsp3) is 0.556. The molecule has 1 fully saturated rings. The zero-order valence-electron chi connectivity index (χ0n) is 8.07. The van der Waals surface area contributed by atoms with E-state index in [0.717, 1.165) is 16.8 Å². The van der Waals surface area contributed by atoms with E-state index < -0.39 is 9.84 Å². The Kier molecular flexibility index (Phi) is 3.49. The maximum Gasteiger partial charge on any atom is 0.151 e. The SMILES string of the molecule is O=S1(=O)CC[C@@H](NCc2csc(Br)c2)C1. The molecule has 1 N–H and O–H groups in total. The van der Waals surface area contributed by atoms with Crippen molar-refractivity contribution >= 4 is 37.1 Å². The van der Waals surface area contributed by atoms with Crippen LogP contribution in [0.4, 0.5) is 0 Å². The van der Waals surface area contributed by atoms with E-state index in [4.69, 9.17) is 0 Å². The second-order valence-corrected chi connectivity index (χ2v) is 8.26. The first-order chi connectivity index (χ1) is 7.05. The minimum Gasteiger partial charge on any atom is -0.309 e. The van der Waals surface area contributed by atoms with Crippen molar-refractivity contribution in [2.24, 2.45) is 0 Å². The third kappa shape index (κ3) is 3.27. The molecule has 1 atom stereocenters. The van der Waals surface area contributed by atoms with E-state index in [1.807, 2.05) is 0 Å². The van der Waals surface area contributed by atoms with E-state index in [0.29, 0.717) is 5.75 Å². The van der Waals surface area contributed by atoms with Crippen LogP contribution in [0, 0.1) is 0 Å². The molecule has 0 saturated carbocycles. The fourth-order valence-corrected chi connectivity index (χ4v) is 4.57. The van der Waals surface area contributed by atoms with Crippen LogP contribution in [0.3, 0.4) is 0 Å². The van der Waals surface area contributed by atoms with Crippen LogP contribution in [0.5, 0.6) is 0 Å². The maximum absolute atomic E-state index is 11.2. The number of rotatable bonds is 3. The maximum atomic E-state index is 11.2. The summed E-state index contributed by atoms with van der Waals surface area (Å²) in [5, 5.41) is 5.34. The molecule has 1 aromatic heterocycles.